The van der Waals surface area contributed by atoms with Crippen molar-refractivity contribution in [3.05, 3.63) is 29.8 Å². The minimum absolute atomic E-state index is 0.115. The van der Waals surface area contributed by atoms with Crippen molar-refractivity contribution in [2.24, 2.45) is 5.73 Å². The van der Waals surface area contributed by atoms with Gasteiger partial charge in [0.25, 0.3) is 0 Å². The van der Waals surface area contributed by atoms with Crippen LogP contribution in [0.5, 0.6) is 5.75 Å². The number of carbonyl (C=O) groups is 3. The Balaban J connectivity index is 1.52. The van der Waals surface area contributed by atoms with Gasteiger partial charge in [0.15, 0.2) is 0 Å². The molecule has 1 aromatic rings. The van der Waals surface area contributed by atoms with Crippen molar-refractivity contribution >= 4 is 17.7 Å². The number of hydrogen-bond acceptors (Lipinski definition) is 5. The van der Waals surface area contributed by atoms with Crippen LogP contribution in [0.4, 0.5) is 0 Å². The van der Waals surface area contributed by atoms with Crippen LogP contribution in [-0.2, 0) is 14.3 Å². The lowest BCUT2D eigenvalue weighted by Gasteiger charge is -2.32. The first-order valence-corrected chi connectivity index (χ1v) is 9.24. The van der Waals surface area contributed by atoms with Crippen LogP contribution in [-0.4, -0.2) is 61.1 Å². The largest absolute Gasteiger partial charge is 0.488 e. The number of rotatable bonds is 7. The Bertz CT molecular complexity index is 691. The van der Waals surface area contributed by atoms with E-state index < -0.39 is 5.91 Å². The molecule has 0 aliphatic carbocycles. The fourth-order valence-electron chi connectivity index (χ4n) is 3.32. The van der Waals surface area contributed by atoms with E-state index in [1.54, 1.807) is 29.2 Å². The van der Waals surface area contributed by atoms with Gasteiger partial charge in [0, 0.05) is 37.9 Å². The molecule has 2 saturated heterocycles. The Hall–Kier alpha value is -2.61. The first kappa shape index (κ1) is 19.2. The number of ether oxygens (including phenoxy) is 2. The van der Waals surface area contributed by atoms with Crippen LogP contribution in [0.3, 0.4) is 0 Å². The van der Waals surface area contributed by atoms with Crippen LogP contribution in [0.15, 0.2) is 24.3 Å². The SMILES string of the molecule is NC(=O)c1ccc(O[C@@H]2CCOC[C@H]2NC(=O)CCN2CCCC2=O)cc1. The zero-order valence-corrected chi connectivity index (χ0v) is 15.2. The van der Waals surface area contributed by atoms with Crippen LogP contribution in [0, 0.1) is 0 Å². The van der Waals surface area contributed by atoms with E-state index in [9.17, 15) is 14.4 Å². The van der Waals surface area contributed by atoms with Gasteiger partial charge in [-0.1, -0.05) is 0 Å². The topological polar surface area (TPSA) is 111 Å². The second-order valence-corrected chi connectivity index (χ2v) is 6.82. The molecule has 0 radical (unpaired) electrons. The highest BCUT2D eigenvalue weighted by molar-refractivity contribution is 5.92. The zero-order chi connectivity index (χ0) is 19.2. The highest BCUT2D eigenvalue weighted by Crippen LogP contribution is 2.19. The minimum atomic E-state index is -0.491. The van der Waals surface area contributed by atoms with Crippen LogP contribution < -0.4 is 15.8 Å². The van der Waals surface area contributed by atoms with Gasteiger partial charge in [-0.2, -0.15) is 0 Å². The summed E-state index contributed by atoms with van der Waals surface area (Å²) in [6, 6.07) is 6.33. The molecule has 27 heavy (non-hydrogen) atoms. The predicted octanol–water partition coefficient (Wildman–Crippen LogP) is 0.451. The summed E-state index contributed by atoms with van der Waals surface area (Å²) in [7, 11) is 0. The van der Waals surface area contributed by atoms with Gasteiger partial charge in [-0.25, -0.2) is 0 Å². The monoisotopic (exact) mass is 375 g/mol. The standard InChI is InChI=1S/C19H25N3O5/c20-19(25)13-3-5-14(6-4-13)27-16-8-11-26-12-15(16)21-17(23)7-10-22-9-1-2-18(22)24/h3-6,15-16H,1-2,7-12H2,(H2,20,25)(H,21,23)/t15-,16-/m1/s1. The van der Waals surface area contributed by atoms with Gasteiger partial charge in [-0.3, -0.25) is 14.4 Å². The van der Waals surface area contributed by atoms with Crippen molar-refractivity contribution in [2.45, 2.75) is 37.8 Å². The first-order chi connectivity index (χ1) is 13.0. The van der Waals surface area contributed by atoms with E-state index in [0.29, 0.717) is 43.9 Å². The molecule has 3 N–H and O–H groups in total. The lowest BCUT2D eigenvalue weighted by Crippen LogP contribution is -2.52. The number of carbonyl (C=O) groups excluding carboxylic acids is 3. The molecular weight excluding hydrogens is 350 g/mol. The molecule has 1 aromatic carbocycles. The summed E-state index contributed by atoms with van der Waals surface area (Å²) < 4.78 is 11.5. The molecule has 0 bridgehead atoms. The number of amides is 3. The summed E-state index contributed by atoms with van der Waals surface area (Å²) in [4.78, 5) is 36.8. The van der Waals surface area contributed by atoms with E-state index in [1.165, 1.54) is 0 Å². The molecule has 2 heterocycles. The number of likely N-dealkylation sites (tertiary alicyclic amines) is 1. The Kier molecular flexibility index (Phi) is 6.28. The summed E-state index contributed by atoms with van der Waals surface area (Å²) in [5.74, 6) is 0.107. The van der Waals surface area contributed by atoms with Gasteiger partial charge < -0.3 is 25.4 Å². The van der Waals surface area contributed by atoms with Gasteiger partial charge >= 0.3 is 0 Å². The van der Waals surface area contributed by atoms with Gasteiger partial charge in [-0.05, 0) is 30.7 Å². The van der Waals surface area contributed by atoms with E-state index >= 15 is 0 Å². The summed E-state index contributed by atoms with van der Waals surface area (Å²) in [5.41, 5.74) is 5.65. The molecule has 3 amide bonds. The second-order valence-electron chi connectivity index (χ2n) is 6.82. The number of hydrogen-bond donors (Lipinski definition) is 2. The predicted molar refractivity (Wildman–Crippen MR) is 97.2 cm³/mol. The van der Waals surface area contributed by atoms with Gasteiger partial charge in [0.2, 0.25) is 17.7 Å². The normalized spacial score (nSPS) is 22.5. The Morgan fingerprint density at radius 1 is 1.30 bits per heavy atom. The fraction of sp³-hybridized carbons (Fsp3) is 0.526. The average Bonchev–Trinajstić information content (AvgIpc) is 3.07. The molecule has 8 heteroatoms. The third-order valence-corrected chi connectivity index (χ3v) is 4.85. The highest BCUT2D eigenvalue weighted by atomic mass is 16.5. The Morgan fingerprint density at radius 3 is 2.74 bits per heavy atom. The molecule has 0 saturated carbocycles. The van der Waals surface area contributed by atoms with Crippen molar-refractivity contribution in [3.8, 4) is 5.75 Å². The third-order valence-electron chi connectivity index (χ3n) is 4.85. The molecule has 146 valence electrons. The molecule has 3 rings (SSSR count). The maximum absolute atomic E-state index is 12.3. The number of nitrogens with two attached hydrogens (primary N) is 1. The first-order valence-electron chi connectivity index (χ1n) is 9.24. The molecule has 2 aliphatic rings. The fourth-order valence-corrected chi connectivity index (χ4v) is 3.32. The summed E-state index contributed by atoms with van der Waals surface area (Å²) >= 11 is 0. The van der Waals surface area contributed by atoms with Crippen molar-refractivity contribution in [1.82, 2.24) is 10.2 Å². The average molecular weight is 375 g/mol. The molecule has 2 aliphatic heterocycles. The van der Waals surface area contributed by atoms with E-state index in [-0.39, 0.29) is 30.4 Å². The van der Waals surface area contributed by atoms with E-state index in [2.05, 4.69) is 5.32 Å². The minimum Gasteiger partial charge on any atom is -0.488 e. The number of nitrogens with zero attached hydrogens (tertiary/aromatic N) is 1. The van der Waals surface area contributed by atoms with E-state index in [0.717, 1.165) is 13.0 Å². The van der Waals surface area contributed by atoms with Gasteiger partial charge in [-0.15, -0.1) is 0 Å². The van der Waals surface area contributed by atoms with Crippen molar-refractivity contribution < 1.29 is 23.9 Å². The van der Waals surface area contributed by atoms with Gasteiger partial charge in [0.1, 0.15) is 11.9 Å². The molecule has 0 aromatic heterocycles. The smallest absolute Gasteiger partial charge is 0.248 e. The molecule has 2 atom stereocenters. The molecule has 8 nitrogen and oxygen atoms in total. The van der Waals surface area contributed by atoms with Crippen LogP contribution >= 0.6 is 0 Å². The Morgan fingerprint density at radius 2 is 2.07 bits per heavy atom. The number of primary amides is 1. The Labute approximate surface area is 158 Å². The van der Waals surface area contributed by atoms with E-state index in [1.807, 2.05) is 0 Å². The summed E-state index contributed by atoms with van der Waals surface area (Å²) in [6.07, 6.45) is 2.12. The maximum atomic E-state index is 12.3. The van der Waals surface area contributed by atoms with Crippen LogP contribution in [0.1, 0.15) is 36.0 Å². The zero-order valence-electron chi connectivity index (χ0n) is 15.2. The lowest BCUT2D eigenvalue weighted by atomic mass is 10.1. The van der Waals surface area contributed by atoms with Crippen LogP contribution in [0.25, 0.3) is 0 Å². The highest BCUT2D eigenvalue weighted by Gasteiger charge is 2.29. The number of benzene rings is 1. The second kappa shape index (κ2) is 8.85. The summed E-state index contributed by atoms with van der Waals surface area (Å²) in [6.45, 7) is 2.10. The molecule has 0 unspecified atom stereocenters. The maximum Gasteiger partial charge on any atom is 0.248 e. The molecule has 2 fully saturated rings. The van der Waals surface area contributed by atoms with Crippen molar-refractivity contribution in [2.75, 3.05) is 26.3 Å². The van der Waals surface area contributed by atoms with Crippen molar-refractivity contribution in [1.29, 1.82) is 0 Å². The van der Waals surface area contributed by atoms with Crippen molar-refractivity contribution in [3.63, 3.8) is 0 Å². The third kappa shape index (κ3) is 5.19. The summed E-state index contributed by atoms with van der Waals surface area (Å²) in [5, 5.41) is 2.96. The lowest BCUT2D eigenvalue weighted by molar-refractivity contribution is -0.129. The molecule has 0 spiro atoms. The van der Waals surface area contributed by atoms with Crippen LogP contribution in [0.2, 0.25) is 0 Å². The number of nitrogens with one attached hydrogen (secondary N) is 1. The molecular formula is C19H25N3O5. The van der Waals surface area contributed by atoms with E-state index in [4.69, 9.17) is 15.2 Å². The quantitative estimate of drug-likeness (QED) is 0.719. The van der Waals surface area contributed by atoms with Gasteiger partial charge in [0.05, 0.1) is 19.3 Å².